The molecule has 2 heterocycles. The number of alkyl carbamates (subject to hydrolysis) is 1. The third-order valence-electron chi connectivity index (χ3n) is 5.08. The number of aliphatic carboxylic acids is 1. The molecule has 3 amide bonds. The predicted molar refractivity (Wildman–Crippen MR) is 134 cm³/mol. The van der Waals surface area contributed by atoms with Crippen LogP contribution >= 0.6 is 0 Å². The van der Waals surface area contributed by atoms with Crippen molar-refractivity contribution >= 4 is 41.0 Å². The number of ether oxygens (including phenoxy) is 2. The number of benzene rings is 1. The summed E-state index contributed by atoms with van der Waals surface area (Å²) in [5, 5.41) is 14.4. The fraction of sp³-hybridized carbons (Fsp3) is 0.375. The molecule has 0 aliphatic carbocycles. The molecule has 1 atom stereocenters. The van der Waals surface area contributed by atoms with E-state index in [2.05, 4.69) is 25.6 Å². The van der Waals surface area contributed by atoms with Crippen LogP contribution in [0.4, 0.5) is 15.4 Å². The van der Waals surface area contributed by atoms with E-state index in [0.717, 1.165) is 10.5 Å². The zero-order valence-corrected chi connectivity index (χ0v) is 21.4. The van der Waals surface area contributed by atoms with Gasteiger partial charge >= 0.3 is 18.2 Å². The Hall–Kier alpha value is -4.75. The number of fused-ring (bicyclic) bond motifs is 1. The molecule has 2 aromatic heterocycles. The molecular formula is C24H29N7O7. The highest BCUT2D eigenvalue weighted by atomic mass is 16.6. The molecule has 14 nitrogen and oxygen atoms in total. The molecule has 1 aromatic carbocycles. The molecule has 0 saturated heterocycles. The van der Waals surface area contributed by atoms with Crippen LogP contribution in [0.5, 0.6) is 0 Å². The number of carboxylic acids is 1. The highest BCUT2D eigenvalue weighted by Crippen LogP contribution is 2.18. The Balaban J connectivity index is 1.70. The van der Waals surface area contributed by atoms with Crippen LogP contribution in [0.25, 0.3) is 11.2 Å². The van der Waals surface area contributed by atoms with Crippen LogP contribution in [0, 0.1) is 0 Å². The van der Waals surface area contributed by atoms with Crippen molar-refractivity contribution < 1.29 is 33.8 Å². The Kier molecular flexibility index (Phi) is 8.78. The Bertz CT molecular complexity index is 1300. The molecule has 202 valence electrons. The van der Waals surface area contributed by atoms with Gasteiger partial charge in [0.1, 0.15) is 31.1 Å². The normalized spacial score (nSPS) is 11.9. The largest absolute Gasteiger partial charge is 0.480 e. The van der Waals surface area contributed by atoms with Crippen molar-refractivity contribution in [3.63, 3.8) is 0 Å². The minimum atomic E-state index is -1.26. The maximum Gasteiger partial charge on any atom is 0.413 e. The first-order chi connectivity index (χ1) is 17.9. The Morgan fingerprint density at radius 2 is 1.79 bits per heavy atom. The van der Waals surface area contributed by atoms with E-state index >= 15 is 0 Å². The number of hydrogen-bond donors (Lipinski definition) is 3. The molecule has 38 heavy (non-hydrogen) atoms. The minimum absolute atomic E-state index is 0.0543. The van der Waals surface area contributed by atoms with Gasteiger partial charge in [0.15, 0.2) is 17.0 Å². The van der Waals surface area contributed by atoms with Gasteiger partial charge in [-0.3, -0.25) is 10.1 Å². The summed E-state index contributed by atoms with van der Waals surface area (Å²) >= 11 is 0. The molecule has 0 aliphatic heterocycles. The molecule has 3 N–H and O–H groups in total. The minimum Gasteiger partial charge on any atom is -0.480 e. The number of aromatic nitrogens is 4. The third kappa shape index (κ3) is 7.62. The van der Waals surface area contributed by atoms with Crippen molar-refractivity contribution in [1.29, 1.82) is 0 Å². The second-order valence-electron chi connectivity index (χ2n) is 9.17. The summed E-state index contributed by atoms with van der Waals surface area (Å²) in [6.45, 7) is 5.64. The van der Waals surface area contributed by atoms with Crippen LogP contribution in [-0.2, 0) is 32.2 Å². The van der Waals surface area contributed by atoms with E-state index in [1.54, 1.807) is 20.8 Å². The lowest BCUT2D eigenvalue weighted by Gasteiger charge is -2.28. The quantitative estimate of drug-likeness (QED) is 0.350. The number of imidazole rings is 1. The lowest BCUT2D eigenvalue weighted by atomic mass is 10.2. The zero-order chi connectivity index (χ0) is 27.9. The third-order valence-corrected chi connectivity index (χ3v) is 5.08. The van der Waals surface area contributed by atoms with Crippen LogP contribution < -0.4 is 10.6 Å². The monoisotopic (exact) mass is 527 g/mol. The van der Waals surface area contributed by atoms with Gasteiger partial charge in [-0.2, -0.15) is 0 Å². The SMILES string of the molecule is C[C@@H](C(=O)O)N(CNC(=O)OC(C)(C)C)C(=O)Cn1cnc2c(NC(=O)OCc3ccccc3)ncnc21. The first kappa shape index (κ1) is 27.8. The number of carbonyl (C=O) groups is 4. The Morgan fingerprint density at radius 3 is 2.45 bits per heavy atom. The van der Waals surface area contributed by atoms with Crippen LogP contribution in [0.2, 0.25) is 0 Å². The summed E-state index contributed by atoms with van der Waals surface area (Å²) in [6.07, 6.45) is 0.931. The molecule has 0 bridgehead atoms. The van der Waals surface area contributed by atoms with Crippen molar-refractivity contribution in [2.75, 3.05) is 12.0 Å². The fourth-order valence-electron chi connectivity index (χ4n) is 3.22. The standard InChI is InChI=1S/C24H29N7O7/c1-15(21(33)34)31(14-28-22(35)38-24(2,3)4)17(32)10-30-13-27-18-19(25-12-26-20(18)30)29-23(36)37-11-16-8-6-5-7-9-16/h5-9,12-13,15H,10-11,14H2,1-4H3,(H,28,35)(H,33,34)(H,25,26,29,36)/t15-/m0/s1. The molecule has 3 rings (SSSR count). The molecule has 0 aliphatic rings. The van der Waals surface area contributed by atoms with Gasteiger partial charge in [-0.05, 0) is 33.3 Å². The second kappa shape index (κ2) is 12.0. The van der Waals surface area contributed by atoms with E-state index < -0.39 is 42.4 Å². The number of carbonyl (C=O) groups excluding carboxylic acids is 3. The van der Waals surface area contributed by atoms with Gasteiger partial charge in [0.05, 0.1) is 13.0 Å². The summed E-state index contributed by atoms with van der Waals surface area (Å²) in [7, 11) is 0. The average molecular weight is 528 g/mol. The van der Waals surface area contributed by atoms with Gasteiger partial charge in [-0.15, -0.1) is 0 Å². The van der Waals surface area contributed by atoms with Crippen molar-refractivity contribution in [2.24, 2.45) is 0 Å². The number of nitrogens with one attached hydrogen (secondary N) is 2. The summed E-state index contributed by atoms with van der Waals surface area (Å²) < 4.78 is 11.7. The zero-order valence-electron chi connectivity index (χ0n) is 21.4. The molecule has 0 spiro atoms. The number of nitrogens with zero attached hydrogens (tertiary/aromatic N) is 5. The summed E-state index contributed by atoms with van der Waals surface area (Å²) in [5.41, 5.74) is 0.447. The van der Waals surface area contributed by atoms with Gasteiger partial charge in [-0.25, -0.2) is 29.3 Å². The van der Waals surface area contributed by atoms with Gasteiger partial charge in [0.2, 0.25) is 5.91 Å². The van der Waals surface area contributed by atoms with Crippen LogP contribution in [-0.4, -0.2) is 71.9 Å². The second-order valence-corrected chi connectivity index (χ2v) is 9.17. The van der Waals surface area contributed by atoms with Gasteiger partial charge in [0.25, 0.3) is 0 Å². The summed E-state index contributed by atoms with van der Waals surface area (Å²) in [6, 6.07) is 7.87. The van der Waals surface area contributed by atoms with E-state index in [9.17, 15) is 24.3 Å². The number of carboxylic acid groups (broad SMARTS) is 1. The van der Waals surface area contributed by atoms with E-state index in [4.69, 9.17) is 9.47 Å². The summed E-state index contributed by atoms with van der Waals surface area (Å²) in [5.74, 6) is -1.82. The van der Waals surface area contributed by atoms with E-state index in [0.29, 0.717) is 0 Å². The predicted octanol–water partition coefficient (Wildman–Crippen LogP) is 2.36. The van der Waals surface area contributed by atoms with Crippen LogP contribution in [0.15, 0.2) is 43.0 Å². The number of amides is 3. The highest BCUT2D eigenvalue weighted by molar-refractivity contribution is 5.93. The topological polar surface area (TPSA) is 178 Å². The van der Waals surface area contributed by atoms with Gasteiger partial charge < -0.3 is 29.4 Å². The maximum absolute atomic E-state index is 13.1. The molecule has 0 radical (unpaired) electrons. The van der Waals surface area contributed by atoms with Crippen LogP contribution in [0.3, 0.4) is 0 Å². The van der Waals surface area contributed by atoms with Crippen molar-refractivity contribution in [1.82, 2.24) is 29.7 Å². The molecule has 0 fully saturated rings. The number of anilines is 1. The Morgan fingerprint density at radius 1 is 1.08 bits per heavy atom. The molecule has 3 aromatic rings. The lowest BCUT2D eigenvalue weighted by Crippen LogP contribution is -2.50. The molecule has 14 heteroatoms. The van der Waals surface area contributed by atoms with Crippen molar-refractivity contribution in [3.05, 3.63) is 48.5 Å². The van der Waals surface area contributed by atoms with E-state index in [1.807, 2.05) is 30.3 Å². The maximum atomic E-state index is 13.1. The van der Waals surface area contributed by atoms with Crippen LogP contribution in [0.1, 0.15) is 33.3 Å². The molecule has 0 saturated carbocycles. The Labute approximate surface area is 218 Å². The highest BCUT2D eigenvalue weighted by Gasteiger charge is 2.27. The first-order valence-corrected chi connectivity index (χ1v) is 11.6. The van der Waals surface area contributed by atoms with E-state index in [-0.39, 0.29) is 30.1 Å². The first-order valence-electron chi connectivity index (χ1n) is 11.6. The molecular weight excluding hydrogens is 498 g/mol. The van der Waals surface area contributed by atoms with Gasteiger partial charge in [0, 0.05) is 0 Å². The number of rotatable bonds is 9. The van der Waals surface area contributed by atoms with Crippen molar-refractivity contribution in [3.8, 4) is 0 Å². The summed E-state index contributed by atoms with van der Waals surface area (Å²) in [4.78, 5) is 62.3. The lowest BCUT2D eigenvalue weighted by molar-refractivity contribution is -0.150. The molecule has 0 unspecified atom stereocenters. The fourth-order valence-corrected chi connectivity index (χ4v) is 3.22. The van der Waals surface area contributed by atoms with E-state index in [1.165, 1.54) is 24.1 Å². The average Bonchev–Trinajstić information content (AvgIpc) is 3.26. The smallest absolute Gasteiger partial charge is 0.413 e. The van der Waals surface area contributed by atoms with Gasteiger partial charge in [-0.1, -0.05) is 30.3 Å². The number of hydrogen-bond acceptors (Lipinski definition) is 9. The van der Waals surface area contributed by atoms with Crippen molar-refractivity contribution in [2.45, 2.75) is 52.5 Å².